The lowest BCUT2D eigenvalue weighted by molar-refractivity contribution is -0.146. The van der Waals surface area contributed by atoms with Gasteiger partial charge in [-0.05, 0) is 37.6 Å². The van der Waals surface area contributed by atoms with E-state index in [2.05, 4.69) is 15.5 Å². The summed E-state index contributed by atoms with van der Waals surface area (Å²) in [6, 6.07) is 5.67. The zero-order valence-corrected chi connectivity index (χ0v) is 16.3. The van der Waals surface area contributed by atoms with Gasteiger partial charge in [-0.2, -0.15) is 0 Å². The zero-order chi connectivity index (χ0) is 22.2. The van der Waals surface area contributed by atoms with Gasteiger partial charge < -0.3 is 14.6 Å². The van der Waals surface area contributed by atoms with Gasteiger partial charge >= 0.3 is 0 Å². The first-order valence-corrected chi connectivity index (χ1v) is 9.42. The number of hydrogen-bond acceptors (Lipinski definition) is 5. The fourth-order valence-corrected chi connectivity index (χ4v) is 3.36. The van der Waals surface area contributed by atoms with Gasteiger partial charge in [0, 0.05) is 29.8 Å². The first kappa shape index (κ1) is 21.0. The van der Waals surface area contributed by atoms with Crippen molar-refractivity contribution in [3.05, 3.63) is 65.3 Å². The first-order valence-electron chi connectivity index (χ1n) is 9.42. The number of aromatic nitrogens is 2. The molecule has 10 heteroatoms. The highest BCUT2D eigenvalue weighted by Gasteiger charge is 2.38. The summed E-state index contributed by atoms with van der Waals surface area (Å²) in [4.78, 5) is 16.9. The van der Waals surface area contributed by atoms with Crippen LogP contribution in [0.5, 0.6) is 0 Å². The molecule has 1 unspecified atom stereocenters. The van der Waals surface area contributed by atoms with Crippen LogP contribution >= 0.6 is 0 Å². The molecule has 1 aliphatic heterocycles. The van der Waals surface area contributed by atoms with E-state index in [0.717, 1.165) is 18.2 Å². The molecule has 3 aromatic rings. The van der Waals surface area contributed by atoms with E-state index >= 15 is 0 Å². The van der Waals surface area contributed by atoms with Crippen molar-refractivity contribution in [1.82, 2.24) is 10.1 Å². The molecule has 31 heavy (non-hydrogen) atoms. The number of anilines is 1. The van der Waals surface area contributed by atoms with Crippen LogP contribution in [-0.2, 0) is 4.74 Å². The topological polar surface area (TPSA) is 77.2 Å². The monoisotopic (exact) mass is 435 g/mol. The number of carbonyl (C=O) groups is 1. The van der Waals surface area contributed by atoms with Crippen LogP contribution in [-0.4, -0.2) is 28.6 Å². The summed E-state index contributed by atoms with van der Waals surface area (Å²) < 4.78 is 65.7. The van der Waals surface area contributed by atoms with Crippen molar-refractivity contribution in [3.63, 3.8) is 0 Å². The summed E-state index contributed by atoms with van der Waals surface area (Å²) in [5.41, 5.74) is 0.592. The van der Waals surface area contributed by atoms with Crippen molar-refractivity contribution in [2.45, 2.75) is 31.8 Å². The van der Waals surface area contributed by atoms with Gasteiger partial charge in [-0.3, -0.25) is 9.78 Å². The maximum atomic E-state index is 14.5. The lowest BCUT2D eigenvalue weighted by Gasteiger charge is -2.30. The van der Waals surface area contributed by atoms with Crippen LogP contribution in [0, 0.1) is 18.6 Å². The molecule has 1 fully saturated rings. The number of rotatable bonds is 4. The first-order chi connectivity index (χ1) is 14.7. The molecule has 0 aliphatic carbocycles. The molecule has 1 amide bonds. The second-order valence-corrected chi connectivity index (χ2v) is 7.22. The third kappa shape index (κ3) is 4.43. The van der Waals surface area contributed by atoms with Crippen molar-refractivity contribution in [2.75, 3.05) is 11.9 Å². The fourth-order valence-electron chi connectivity index (χ4n) is 3.36. The van der Waals surface area contributed by atoms with Gasteiger partial charge in [-0.25, -0.2) is 17.6 Å². The smallest absolute Gasteiger partial charge is 0.294 e. The van der Waals surface area contributed by atoms with Crippen LogP contribution in [0.1, 0.15) is 40.9 Å². The van der Waals surface area contributed by atoms with E-state index in [1.165, 1.54) is 18.3 Å². The Morgan fingerprint density at radius 1 is 1.19 bits per heavy atom. The molecular formula is C21H17F4N3O3. The lowest BCUT2D eigenvalue weighted by atomic mass is 9.97. The Morgan fingerprint density at radius 3 is 2.68 bits per heavy atom. The van der Waals surface area contributed by atoms with Crippen molar-refractivity contribution < 1.29 is 31.6 Å². The van der Waals surface area contributed by atoms with Gasteiger partial charge in [0.05, 0.1) is 17.1 Å². The van der Waals surface area contributed by atoms with Gasteiger partial charge in [-0.1, -0.05) is 5.16 Å². The van der Waals surface area contributed by atoms with E-state index < -0.39 is 42.6 Å². The van der Waals surface area contributed by atoms with Crippen molar-refractivity contribution in [3.8, 4) is 11.1 Å². The third-order valence-electron chi connectivity index (χ3n) is 4.86. The standard InChI is InChI=1S/C21H17F4N3O3/c1-11-8-17(31-28-11)20(29)27-18-13(14-9-12(22)2-3-15(14)23)5-7-26-19(18)16-4-6-21(24,25)10-30-16/h2-3,5,7-9,16H,4,6,10H2,1H3,(H,27,29). The van der Waals surface area contributed by atoms with Crippen molar-refractivity contribution in [2.24, 2.45) is 0 Å². The minimum atomic E-state index is -2.97. The highest BCUT2D eigenvalue weighted by molar-refractivity contribution is 6.05. The number of amides is 1. The molecule has 1 saturated heterocycles. The minimum Gasteiger partial charge on any atom is -0.366 e. The van der Waals surface area contributed by atoms with E-state index in [0.29, 0.717) is 5.69 Å². The van der Waals surface area contributed by atoms with Crippen LogP contribution in [0.25, 0.3) is 11.1 Å². The van der Waals surface area contributed by atoms with E-state index in [9.17, 15) is 22.4 Å². The molecule has 1 atom stereocenters. The summed E-state index contributed by atoms with van der Waals surface area (Å²) in [5, 5.41) is 6.22. The molecule has 0 spiro atoms. The van der Waals surface area contributed by atoms with Gasteiger partial charge in [0.15, 0.2) is 0 Å². The van der Waals surface area contributed by atoms with Crippen LogP contribution < -0.4 is 5.32 Å². The second kappa shape index (κ2) is 8.10. The number of ether oxygens (including phenoxy) is 1. The summed E-state index contributed by atoms with van der Waals surface area (Å²) in [7, 11) is 0. The van der Waals surface area contributed by atoms with Crippen molar-refractivity contribution in [1.29, 1.82) is 0 Å². The third-order valence-corrected chi connectivity index (χ3v) is 4.86. The van der Waals surface area contributed by atoms with Crippen LogP contribution in [0.2, 0.25) is 0 Å². The highest BCUT2D eigenvalue weighted by Crippen LogP contribution is 2.41. The van der Waals surface area contributed by atoms with Crippen molar-refractivity contribution >= 4 is 11.6 Å². The number of hydrogen-bond donors (Lipinski definition) is 1. The molecule has 162 valence electrons. The van der Waals surface area contributed by atoms with E-state index in [1.807, 2.05) is 0 Å². The Balaban J connectivity index is 1.79. The van der Waals surface area contributed by atoms with Crippen LogP contribution in [0.4, 0.5) is 23.2 Å². The fraction of sp³-hybridized carbons (Fsp3) is 0.286. The molecule has 2 aromatic heterocycles. The lowest BCUT2D eigenvalue weighted by Crippen LogP contribution is -2.31. The molecule has 0 bridgehead atoms. The molecule has 1 aromatic carbocycles. The number of benzene rings is 1. The molecule has 1 aliphatic rings. The van der Waals surface area contributed by atoms with Gasteiger partial charge in [0.25, 0.3) is 11.8 Å². The second-order valence-electron chi connectivity index (χ2n) is 7.22. The molecule has 0 radical (unpaired) electrons. The van der Waals surface area contributed by atoms with Gasteiger partial charge in [0.1, 0.15) is 24.3 Å². The number of nitrogens with one attached hydrogen (secondary N) is 1. The van der Waals surface area contributed by atoms with Crippen LogP contribution in [0.3, 0.4) is 0 Å². The number of carbonyl (C=O) groups excluding carboxylic acids is 1. The Bertz CT molecular complexity index is 1120. The number of aryl methyl sites for hydroxylation is 1. The molecule has 1 N–H and O–H groups in total. The van der Waals surface area contributed by atoms with E-state index in [-0.39, 0.29) is 34.7 Å². The predicted molar refractivity (Wildman–Crippen MR) is 102 cm³/mol. The minimum absolute atomic E-state index is 0.0151. The largest absolute Gasteiger partial charge is 0.366 e. The molecular weight excluding hydrogens is 418 g/mol. The average Bonchev–Trinajstić information content (AvgIpc) is 3.17. The van der Waals surface area contributed by atoms with E-state index in [4.69, 9.17) is 9.26 Å². The molecule has 6 nitrogen and oxygen atoms in total. The zero-order valence-electron chi connectivity index (χ0n) is 16.3. The SMILES string of the molecule is Cc1cc(C(=O)Nc2c(-c3cc(F)ccc3F)ccnc2C2CCC(F)(F)CO2)on1. The number of nitrogens with zero attached hydrogens (tertiary/aromatic N) is 2. The summed E-state index contributed by atoms with van der Waals surface area (Å²) in [6.07, 6.45) is -0.0614. The van der Waals surface area contributed by atoms with Gasteiger partial charge in [-0.15, -0.1) is 0 Å². The molecule has 4 rings (SSSR count). The number of pyridine rings is 1. The Morgan fingerprint density at radius 2 is 2.00 bits per heavy atom. The van der Waals surface area contributed by atoms with Crippen LogP contribution in [0.15, 0.2) is 41.1 Å². The Kier molecular flexibility index (Phi) is 5.48. The van der Waals surface area contributed by atoms with E-state index in [1.54, 1.807) is 6.92 Å². The maximum Gasteiger partial charge on any atom is 0.294 e. The number of alkyl halides is 2. The van der Waals surface area contributed by atoms with Gasteiger partial charge in [0.2, 0.25) is 5.76 Å². The maximum absolute atomic E-state index is 14.5. The predicted octanol–water partition coefficient (Wildman–Crippen LogP) is 5.06. The Hall–Kier alpha value is -3.27. The quantitative estimate of drug-likeness (QED) is 0.580. The summed E-state index contributed by atoms with van der Waals surface area (Å²) in [6.45, 7) is 0.811. The summed E-state index contributed by atoms with van der Waals surface area (Å²) >= 11 is 0. The Labute approximate surface area is 174 Å². The molecule has 0 saturated carbocycles. The number of halogens is 4. The summed E-state index contributed by atoms with van der Waals surface area (Å²) in [5.74, 6) is -5.22. The average molecular weight is 435 g/mol. The normalized spacial score (nSPS) is 18.0. The highest BCUT2D eigenvalue weighted by atomic mass is 19.3. The molecule has 3 heterocycles.